The van der Waals surface area contributed by atoms with Crippen LogP contribution < -0.4 is 5.32 Å². The molecule has 0 unspecified atom stereocenters. The first-order chi connectivity index (χ1) is 6.42. The third kappa shape index (κ3) is 3.03. The molecule has 0 spiro atoms. The van der Waals surface area contributed by atoms with Crippen molar-refractivity contribution < 1.29 is 14.6 Å². The fourth-order valence-electron chi connectivity index (χ4n) is 1.23. The Hall–Kier alpha value is -1.03. The standard InChI is InChI=1S/C10H17NO3/c1-10(2,3)14-9(13)8-4-7(6-12)5-11-8/h5,8,11-12H,4,6H2,1-3H3/t8-/m0/s1. The van der Waals surface area contributed by atoms with Crippen LogP contribution in [-0.4, -0.2) is 29.3 Å². The summed E-state index contributed by atoms with van der Waals surface area (Å²) in [5.74, 6) is -0.266. The van der Waals surface area contributed by atoms with Crippen molar-refractivity contribution in [3.8, 4) is 0 Å². The Kier molecular flexibility index (Phi) is 3.16. The smallest absolute Gasteiger partial charge is 0.329 e. The molecule has 1 aliphatic heterocycles. The third-order valence-electron chi connectivity index (χ3n) is 1.85. The minimum absolute atomic E-state index is 0.00764. The second-order valence-corrected chi connectivity index (χ2v) is 4.42. The van der Waals surface area contributed by atoms with Crippen LogP contribution in [0.15, 0.2) is 11.8 Å². The van der Waals surface area contributed by atoms with Gasteiger partial charge in [-0.3, -0.25) is 0 Å². The van der Waals surface area contributed by atoms with Crippen LogP contribution in [0.4, 0.5) is 0 Å². The number of ether oxygens (including phenoxy) is 1. The number of rotatable bonds is 2. The topological polar surface area (TPSA) is 58.6 Å². The molecule has 1 heterocycles. The van der Waals surface area contributed by atoms with Crippen LogP contribution in [0.5, 0.6) is 0 Å². The number of esters is 1. The van der Waals surface area contributed by atoms with E-state index in [-0.39, 0.29) is 18.6 Å². The minimum Gasteiger partial charge on any atom is -0.458 e. The zero-order chi connectivity index (χ0) is 10.8. The molecule has 0 aliphatic carbocycles. The van der Waals surface area contributed by atoms with E-state index in [9.17, 15) is 4.79 Å². The van der Waals surface area contributed by atoms with Gasteiger partial charge in [-0.15, -0.1) is 0 Å². The molecule has 0 radical (unpaired) electrons. The monoisotopic (exact) mass is 199 g/mol. The zero-order valence-electron chi connectivity index (χ0n) is 8.83. The van der Waals surface area contributed by atoms with E-state index in [1.165, 1.54) is 0 Å². The van der Waals surface area contributed by atoms with Gasteiger partial charge >= 0.3 is 5.97 Å². The van der Waals surface area contributed by atoms with Crippen molar-refractivity contribution in [2.45, 2.75) is 38.8 Å². The molecule has 80 valence electrons. The van der Waals surface area contributed by atoms with Crippen LogP contribution >= 0.6 is 0 Å². The summed E-state index contributed by atoms with van der Waals surface area (Å²) in [6, 6.07) is -0.337. The highest BCUT2D eigenvalue weighted by atomic mass is 16.6. The maximum atomic E-state index is 11.5. The fourth-order valence-corrected chi connectivity index (χ4v) is 1.23. The first-order valence-electron chi connectivity index (χ1n) is 4.70. The zero-order valence-corrected chi connectivity index (χ0v) is 8.83. The van der Waals surface area contributed by atoms with Crippen LogP contribution in [0.2, 0.25) is 0 Å². The molecule has 0 aromatic heterocycles. The van der Waals surface area contributed by atoms with E-state index < -0.39 is 5.60 Å². The summed E-state index contributed by atoms with van der Waals surface area (Å²) in [5.41, 5.74) is 0.377. The number of carbonyl (C=O) groups is 1. The van der Waals surface area contributed by atoms with Crippen molar-refractivity contribution in [1.82, 2.24) is 5.32 Å². The molecule has 1 atom stereocenters. The molecule has 0 bridgehead atoms. The quantitative estimate of drug-likeness (QED) is 0.638. The van der Waals surface area contributed by atoms with E-state index in [0.717, 1.165) is 5.57 Å². The molecule has 0 saturated carbocycles. The van der Waals surface area contributed by atoms with Gasteiger partial charge in [0.1, 0.15) is 11.6 Å². The normalized spacial score (nSPS) is 21.4. The third-order valence-corrected chi connectivity index (χ3v) is 1.85. The second-order valence-electron chi connectivity index (χ2n) is 4.42. The average molecular weight is 199 g/mol. The Morgan fingerprint density at radius 2 is 2.36 bits per heavy atom. The Labute approximate surface area is 83.9 Å². The van der Waals surface area contributed by atoms with Gasteiger partial charge in [-0.2, -0.15) is 0 Å². The van der Waals surface area contributed by atoms with Crippen LogP contribution in [0.25, 0.3) is 0 Å². The van der Waals surface area contributed by atoms with Crippen molar-refractivity contribution in [3.05, 3.63) is 11.8 Å². The van der Waals surface area contributed by atoms with E-state index in [4.69, 9.17) is 9.84 Å². The first-order valence-corrected chi connectivity index (χ1v) is 4.70. The molecule has 0 aromatic carbocycles. The minimum atomic E-state index is -0.458. The fraction of sp³-hybridized carbons (Fsp3) is 0.700. The summed E-state index contributed by atoms with van der Waals surface area (Å²) < 4.78 is 5.20. The molecular weight excluding hydrogens is 182 g/mol. The van der Waals surface area contributed by atoms with E-state index in [0.29, 0.717) is 6.42 Å². The lowest BCUT2D eigenvalue weighted by molar-refractivity contribution is -0.156. The Morgan fingerprint density at radius 1 is 1.71 bits per heavy atom. The predicted molar refractivity (Wildman–Crippen MR) is 52.6 cm³/mol. The largest absolute Gasteiger partial charge is 0.458 e. The van der Waals surface area contributed by atoms with Gasteiger partial charge in [-0.1, -0.05) is 0 Å². The van der Waals surface area contributed by atoms with E-state index in [1.807, 2.05) is 20.8 Å². The number of nitrogens with one attached hydrogen (secondary N) is 1. The van der Waals surface area contributed by atoms with Gasteiger partial charge in [0.05, 0.1) is 6.61 Å². The predicted octanol–water partition coefficient (Wildman–Crippen LogP) is 0.566. The van der Waals surface area contributed by atoms with E-state index in [1.54, 1.807) is 6.20 Å². The lowest BCUT2D eigenvalue weighted by atomic mass is 10.1. The first kappa shape index (κ1) is 11.0. The summed E-state index contributed by atoms with van der Waals surface area (Å²) in [7, 11) is 0. The van der Waals surface area contributed by atoms with Gasteiger partial charge in [0.25, 0.3) is 0 Å². The van der Waals surface area contributed by atoms with Gasteiger partial charge in [0, 0.05) is 6.42 Å². The summed E-state index contributed by atoms with van der Waals surface area (Å²) in [6.45, 7) is 5.49. The highest BCUT2D eigenvalue weighted by molar-refractivity contribution is 5.77. The van der Waals surface area contributed by atoms with Gasteiger partial charge in [-0.05, 0) is 32.5 Å². The Morgan fingerprint density at radius 3 is 2.79 bits per heavy atom. The average Bonchev–Trinajstić information content (AvgIpc) is 2.48. The summed E-state index contributed by atoms with van der Waals surface area (Å²) in [6.07, 6.45) is 2.21. The molecule has 0 aromatic rings. The van der Waals surface area contributed by atoms with Gasteiger partial charge in [0.2, 0.25) is 0 Å². The van der Waals surface area contributed by atoms with E-state index >= 15 is 0 Å². The van der Waals surface area contributed by atoms with Crippen LogP contribution in [-0.2, 0) is 9.53 Å². The SMILES string of the molecule is CC(C)(C)OC(=O)[C@@H]1CC(CO)=CN1. The maximum Gasteiger partial charge on any atom is 0.329 e. The van der Waals surface area contributed by atoms with Gasteiger partial charge in [-0.25, -0.2) is 4.79 Å². The molecule has 1 rings (SSSR count). The summed E-state index contributed by atoms with van der Waals surface area (Å²) >= 11 is 0. The number of hydrogen-bond acceptors (Lipinski definition) is 4. The Bertz CT molecular complexity index is 253. The van der Waals surface area contributed by atoms with Gasteiger partial charge < -0.3 is 15.2 Å². The number of carbonyl (C=O) groups excluding carboxylic acids is 1. The van der Waals surface area contributed by atoms with Crippen molar-refractivity contribution in [2.75, 3.05) is 6.61 Å². The van der Waals surface area contributed by atoms with Crippen molar-refractivity contribution in [3.63, 3.8) is 0 Å². The molecule has 0 saturated heterocycles. The number of aliphatic hydroxyl groups excluding tert-OH is 1. The molecule has 2 N–H and O–H groups in total. The molecule has 4 nitrogen and oxygen atoms in total. The lowest BCUT2D eigenvalue weighted by Crippen LogP contribution is -2.36. The molecular formula is C10H17NO3. The lowest BCUT2D eigenvalue weighted by Gasteiger charge is -2.22. The highest BCUT2D eigenvalue weighted by Crippen LogP contribution is 2.16. The van der Waals surface area contributed by atoms with Crippen molar-refractivity contribution in [1.29, 1.82) is 0 Å². The molecule has 0 fully saturated rings. The van der Waals surface area contributed by atoms with Gasteiger partial charge in [0.15, 0.2) is 0 Å². The number of aliphatic hydroxyl groups is 1. The molecule has 4 heteroatoms. The number of hydrogen-bond donors (Lipinski definition) is 2. The Balaban J connectivity index is 2.42. The molecule has 1 aliphatic rings. The second kappa shape index (κ2) is 4.00. The highest BCUT2D eigenvalue weighted by Gasteiger charge is 2.27. The summed E-state index contributed by atoms with van der Waals surface area (Å²) in [4.78, 5) is 11.5. The molecule has 14 heavy (non-hydrogen) atoms. The summed E-state index contributed by atoms with van der Waals surface area (Å²) in [5, 5.41) is 11.7. The molecule has 0 amide bonds. The van der Waals surface area contributed by atoms with Crippen molar-refractivity contribution in [2.24, 2.45) is 0 Å². The maximum absolute atomic E-state index is 11.5. The van der Waals surface area contributed by atoms with E-state index in [2.05, 4.69) is 5.32 Å². The van der Waals surface area contributed by atoms with Crippen LogP contribution in [0.1, 0.15) is 27.2 Å². The van der Waals surface area contributed by atoms with Crippen molar-refractivity contribution >= 4 is 5.97 Å². The van der Waals surface area contributed by atoms with Crippen LogP contribution in [0, 0.1) is 0 Å². The van der Waals surface area contributed by atoms with Crippen LogP contribution in [0.3, 0.4) is 0 Å².